The molecule has 8 heteroatoms. The number of para-hydroxylation sites is 1. The fourth-order valence-corrected chi connectivity index (χ4v) is 3.87. The number of aromatic nitrogens is 4. The van der Waals surface area contributed by atoms with Crippen LogP contribution in [0.5, 0.6) is 0 Å². The van der Waals surface area contributed by atoms with Gasteiger partial charge in [-0.2, -0.15) is 0 Å². The zero-order valence-corrected chi connectivity index (χ0v) is 18.3. The van der Waals surface area contributed by atoms with E-state index in [4.69, 9.17) is 16.6 Å². The molecular formula is C23H14BrClN4O2. The number of halogens is 2. The van der Waals surface area contributed by atoms with E-state index >= 15 is 0 Å². The van der Waals surface area contributed by atoms with Crippen molar-refractivity contribution in [3.05, 3.63) is 109 Å². The quantitative estimate of drug-likeness (QED) is 0.387. The fourth-order valence-electron chi connectivity index (χ4n) is 3.48. The molecule has 0 amide bonds. The summed E-state index contributed by atoms with van der Waals surface area (Å²) in [6.07, 6.45) is 0. The summed E-state index contributed by atoms with van der Waals surface area (Å²) in [5.41, 5.74) is 1.53. The number of nitrogens with zero attached hydrogens (tertiary/aromatic N) is 3. The lowest BCUT2D eigenvalue weighted by Gasteiger charge is -2.13. The Morgan fingerprint density at radius 1 is 0.806 bits per heavy atom. The molecule has 0 spiro atoms. The first-order chi connectivity index (χ1) is 15.0. The summed E-state index contributed by atoms with van der Waals surface area (Å²) >= 11 is 9.48. The van der Waals surface area contributed by atoms with Gasteiger partial charge in [-0.05, 0) is 48.5 Å². The van der Waals surface area contributed by atoms with Gasteiger partial charge in [-0.15, -0.1) is 0 Å². The molecule has 0 aliphatic rings. The Bertz CT molecular complexity index is 1520. The fraction of sp³-hybridized carbons (Fsp3) is 0. The Hall–Kier alpha value is -3.42. The molecule has 0 saturated heterocycles. The van der Waals surface area contributed by atoms with E-state index in [1.807, 2.05) is 42.5 Å². The molecular weight excluding hydrogens is 480 g/mol. The summed E-state index contributed by atoms with van der Waals surface area (Å²) in [5.74, 6) is 0.413. The van der Waals surface area contributed by atoms with Crippen molar-refractivity contribution in [1.29, 1.82) is 0 Å². The van der Waals surface area contributed by atoms with Crippen LogP contribution in [0.25, 0.3) is 33.9 Å². The van der Waals surface area contributed by atoms with Crippen molar-refractivity contribution >= 4 is 38.7 Å². The largest absolute Gasteiger partial charge is 0.332 e. The van der Waals surface area contributed by atoms with E-state index in [0.717, 1.165) is 10.0 Å². The molecule has 2 aromatic heterocycles. The summed E-state index contributed by atoms with van der Waals surface area (Å²) in [6, 6.07) is 23.5. The summed E-state index contributed by atoms with van der Waals surface area (Å²) in [7, 11) is 0. The maximum atomic E-state index is 13.6. The highest BCUT2D eigenvalue weighted by molar-refractivity contribution is 9.10. The normalized spacial score (nSPS) is 11.2. The van der Waals surface area contributed by atoms with E-state index < -0.39 is 5.69 Å². The molecule has 1 N–H and O–H groups in total. The van der Waals surface area contributed by atoms with E-state index in [9.17, 15) is 9.59 Å². The maximum Gasteiger partial charge on any atom is 0.332 e. The van der Waals surface area contributed by atoms with Crippen LogP contribution in [0.2, 0.25) is 5.02 Å². The summed E-state index contributed by atoms with van der Waals surface area (Å²) in [4.78, 5) is 33.8. The van der Waals surface area contributed by atoms with Gasteiger partial charge in [0.25, 0.3) is 5.56 Å². The van der Waals surface area contributed by atoms with Crippen molar-refractivity contribution in [3.63, 3.8) is 0 Å². The molecule has 152 valence electrons. The highest BCUT2D eigenvalue weighted by Crippen LogP contribution is 2.24. The average Bonchev–Trinajstić information content (AvgIpc) is 3.12. The summed E-state index contributed by atoms with van der Waals surface area (Å²) in [6.45, 7) is 0. The van der Waals surface area contributed by atoms with Gasteiger partial charge in [0.05, 0.1) is 11.4 Å². The van der Waals surface area contributed by atoms with Gasteiger partial charge in [-0.25, -0.2) is 14.3 Å². The van der Waals surface area contributed by atoms with Crippen molar-refractivity contribution in [3.8, 4) is 22.8 Å². The van der Waals surface area contributed by atoms with Gasteiger partial charge in [-0.1, -0.05) is 57.9 Å². The number of imidazole rings is 1. The molecule has 0 aliphatic carbocycles. The Balaban J connectivity index is 1.90. The average molecular weight is 494 g/mol. The van der Waals surface area contributed by atoms with Crippen molar-refractivity contribution in [2.75, 3.05) is 0 Å². The van der Waals surface area contributed by atoms with Crippen LogP contribution in [0.15, 0.2) is 92.9 Å². The van der Waals surface area contributed by atoms with Crippen LogP contribution in [0, 0.1) is 0 Å². The number of fused-ring (bicyclic) bond motifs is 1. The van der Waals surface area contributed by atoms with Crippen LogP contribution in [0.3, 0.4) is 0 Å². The molecule has 5 aromatic rings. The minimum absolute atomic E-state index is 0.129. The third-order valence-corrected chi connectivity index (χ3v) is 5.69. The Morgan fingerprint density at radius 3 is 2.13 bits per heavy atom. The van der Waals surface area contributed by atoms with E-state index in [2.05, 4.69) is 20.9 Å². The third-order valence-electron chi connectivity index (χ3n) is 4.91. The molecule has 0 fully saturated rings. The molecule has 5 rings (SSSR count). The number of aromatic amines is 1. The molecule has 31 heavy (non-hydrogen) atoms. The maximum absolute atomic E-state index is 13.6. The third kappa shape index (κ3) is 3.41. The molecule has 0 radical (unpaired) electrons. The first kappa shape index (κ1) is 19.5. The van der Waals surface area contributed by atoms with Crippen LogP contribution in [-0.4, -0.2) is 19.1 Å². The van der Waals surface area contributed by atoms with Gasteiger partial charge < -0.3 is 0 Å². The number of hydrogen-bond donors (Lipinski definition) is 1. The van der Waals surface area contributed by atoms with Crippen LogP contribution in [0.1, 0.15) is 0 Å². The predicted octanol–water partition coefficient (Wildman–Crippen LogP) is 4.95. The summed E-state index contributed by atoms with van der Waals surface area (Å²) < 4.78 is 3.79. The molecule has 3 aromatic carbocycles. The first-order valence-corrected chi connectivity index (χ1v) is 10.5. The number of hydrogen-bond acceptors (Lipinski definition) is 3. The highest BCUT2D eigenvalue weighted by atomic mass is 79.9. The van der Waals surface area contributed by atoms with Crippen LogP contribution >= 0.6 is 27.5 Å². The lowest BCUT2D eigenvalue weighted by molar-refractivity contribution is 0.957. The van der Waals surface area contributed by atoms with Gasteiger partial charge >= 0.3 is 5.69 Å². The Kier molecular flexibility index (Phi) is 4.84. The SMILES string of the molecule is O=c1c2[nH]c(=O)n(-c3ccccc3)c2nc(-c2ccc(Br)cc2)n1-c1ccc(Cl)cc1. The van der Waals surface area contributed by atoms with Crippen LogP contribution in [-0.2, 0) is 0 Å². The zero-order chi connectivity index (χ0) is 21.5. The van der Waals surface area contributed by atoms with Crippen LogP contribution in [0.4, 0.5) is 0 Å². The highest BCUT2D eigenvalue weighted by Gasteiger charge is 2.20. The van der Waals surface area contributed by atoms with Gasteiger partial charge in [0, 0.05) is 15.1 Å². The molecule has 0 aliphatic heterocycles. The van der Waals surface area contributed by atoms with Crippen molar-refractivity contribution in [2.24, 2.45) is 0 Å². The van der Waals surface area contributed by atoms with E-state index in [-0.39, 0.29) is 16.7 Å². The standard InChI is InChI=1S/C23H14BrClN4O2/c24-15-8-6-14(7-9-15)20-27-21-19(22(30)28(20)18-12-10-16(25)11-13-18)26-23(31)29(21)17-4-2-1-3-5-17/h1-13H,(H,26,31). The monoisotopic (exact) mass is 492 g/mol. The second-order valence-electron chi connectivity index (χ2n) is 6.86. The topological polar surface area (TPSA) is 72.7 Å². The van der Waals surface area contributed by atoms with Gasteiger partial charge in [0.2, 0.25) is 0 Å². The molecule has 2 heterocycles. The van der Waals surface area contributed by atoms with Crippen LogP contribution < -0.4 is 11.2 Å². The van der Waals surface area contributed by atoms with E-state index in [0.29, 0.717) is 22.2 Å². The minimum atomic E-state index is -0.429. The second kappa shape index (κ2) is 7.68. The van der Waals surface area contributed by atoms with Crippen molar-refractivity contribution in [1.82, 2.24) is 19.1 Å². The number of nitrogens with one attached hydrogen (secondary N) is 1. The smallest absolute Gasteiger partial charge is 0.299 e. The Morgan fingerprint density at radius 2 is 1.45 bits per heavy atom. The molecule has 0 bridgehead atoms. The van der Waals surface area contributed by atoms with Crippen molar-refractivity contribution < 1.29 is 0 Å². The molecule has 0 saturated carbocycles. The molecule has 6 nitrogen and oxygen atoms in total. The second-order valence-corrected chi connectivity index (χ2v) is 8.21. The summed E-state index contributed by atoms with van der Waals surface area (Å²) in [5, 5.41) is 0.555. The predicted molar refractivity (Wildman–Crippen MR) is 125 cm³/mol. The Labute approximate surface area is 189 Å². The number of rotatable bonds is 3. The molecule has 0 unspecified atom stereocenters. The lowest BCUT2D eigenvalue weighted by Crippen LogP contribution is -2.22. The molecule has 0 atom stereocenters. The minimum Gasteiger partial charge on any atom is -0.299 e. The van der Waals surface area contributed by atoms with Gasteiger partial charge in [-0.3, -0.25) is 14.3 Å². The van der Waals surface area contributed by atoms with Crippen molar-refractivity contribution in [2.45, 2.75) is 0 Å². The van der Waals surface area contributed by atoms with Gasteiger partial charge in [0.1, 0.15) is 5.82 Å². The number of H-pyrrole nitrogens is 1. The first-order valence-electron chi connectivity index (χ1n) is 9.38. The number of benzene rings is 3. The zero-order valence-electron chi connectivity index (χ0n) is 15.9. The van der Waals surface area contributed by atoms with E-state index in [1.54, 1.807) is 36.4 Å². The van der Waals surface area contributed by atoms with Gasteiger partial charge in [0.15, 0.2) is 11.2 Å². The lowest BCUT2D eigenvalue weighted by atomic mass is 10.2. The van der Waals surface area contributed by atoms with E-state index in [1.165, 1.54) is 9.13 Å².